The van der Waals surface area contributed by atoms with Crippen LogP contribution in [0.4, 0.5) is 0 Å². The Labute approximate surface area is 148 Å². The van der Waals surface area contributed by atoms with Crippen LogP contribution >= 0.6 is 0 Å². The van der Waals surface area contributed by atoms with Gasteiger partial charge in [-0.3, -0.25) is 0 Å². The van der Waals surface area contributed by atoms with E-state index in [1.54, 1.807) is 0 Å². The van der Waals surface area contributed by atoms with Gasteiger partial charge in [-0.2, -0.15) is 0 Å². The second kappa shape index (κ2) is 9.10. The van der Waals surface area contributed by atoms with E-state index in [1.165, 1.54) is 12.8 Å². The Balaban J connectivity index is 2.03. The van der Waals surface area contributed by atoms with Crippen LogP contribution in [0.25, 0.3) is 0 Å². The van der Waals surface area contributed by atoms with Gasteiger partial charge in [-0.1, -0.05) is 19.8 Å². The highest BCUT2D eigenvalue weighted by Crippen LogP contribution is 2.48. The minimum absolute atomic E-state index is 0.247. The molecule has 6 heteroatoms. The maximum Gasteiger partial charge on any atom is 0.371 e. The molecule has 0 aromatic rings. The molecule has 24 heavy (non-hydrogen) atoms. The summed E-state index contributed by atoms with van der Waals surface area (Å²) in [6, 6.07) is 1.02. The molecule has 2 aliphatic heterocycles. The van der Waals surface area contributed by atoms with E-state index in [-0.39, 0.29) is 11.3 Å². The summed E-state index contributed by atoms with van der Waals surface area (Å²) in [5.41, 5.74) is 0. The van der Waals surface area contributed by atoms with Gasteiger partial charge in [0.25, 0.3) is 0 Å². The van der Waals surface area contributed by atoms with Crippen molar-refractivity contribution in [1.82, 2.24) is 0 Å². The predicted octanol–water partition coefficient (Wildman–Crippen LogP) is 3.44. The molecule has 2 fully saturated rings. The molecule has 0 bridgehead atoms. The molecule has 0 spiro atoms. The first-order valence-corrected chi connectivity index (χ1v) is 11.5. The summed E-state index contributed by atoms with van der Waals surface area (Å²) in [4.78, 5) is 0. The lowest BCUT2D eigenvalue weighted by atomic mass is 9.87. The Kier molecular flexibility index (Phi) is 7.71. The molecular formula is C18H36O5Si. The number of epoxide rings is 1. The van der Waals surface area contributed by atoms with E-state index in [4.69, 9.17) is 23.1 Å². The van der Waals surface area contributed by atoms with E-state index >= 15 is 0 Å². The second-order valence-electron chi connectivity index (χ2n) is 7.27. The lowest BCUT2D eigenvalue weighted by molar-refractivity contribution is -0.0608. The maximum atomic E-state index is 6.22. The Bertz CT molecular complexity index is 372. The average molecular weight is 361 g/mol. The zero-order chi connectivity index (χ0) is 17.6. The highest BCUT2D eigenvalue weighted by molar-refractivity contribution is 6.70. The quantitative estimate of drug-likeness (QED) is 0.417. The van der Waals surface area contributed by atoms with Gasteiger partial charge >= 0.3 is 8.56 Å². The Morgan fingerprint density at radius 1 is 1.25 bits per heavy atom. The van der Waals surface area contributed by atoms with Crippen LogP contribution in [0, 0.1) is 5.92 Å². The van der Waals surface area contributed by atoms with Gasteiger partial charge in [-0.25, -0.2) is 0 Å². The molecule has 4 atom stereocenters. The van der Waals surface area contributed by atoms with Crippen molar-refractivity contribution in [3.63, 3.8) is 0 Å². The van der Waals surface area contributed by atoms with Gasteiger partial charge in [0.1, 0.15) is 11.3 Å². The van der Waals surface area contributed by atoms with Crippen molar-refractivity contribution in [2.24, 2.45) is 5.92 Å². The molecule has 2 saturated heterocycles. The molecule has 2 rings (SSSR count). The molecular weight excluding hydrogens is 324 g/mol. The lowest BCUT2D eigenvalue weighted by Crippen LogP contribution is -2.68. The van der Waals surface area contributed by atoms with Crippen LogP contribution in [-0.2, 0) is 23.1 Å². The summed E-state index contributed by atoms with van der Waals surface area (Å²) in [6.07, 6.45) is 7.18. The number of ether oxygens (including phenoxy) is 3. The number of hydrogen-bond acceptors (Lipinski definition) is 5. The summed E-state index contributed by atoms with van der Waals surface area (Å²) in [5, 5.41) is -0.247. The highest BCUT2D eigenvalue weighted by atomic mass is 28.4. The van der Waals surface area contributed by atoms with Crippen molar-refractivity contribution < 1.29 is 23.1 Å². The SMILES string of the molecule is CCCC1(OC)C(CCC(C)OCC2CO2)CCC[Si]1(OC)OC. The molecule has 0 aromatic heterocycles. The molecule has 0 aromatic carbocycles. The van der Waals surface area contributed by atoms with E-state index in [9.17, 15) is 0 Å². The van der Waals surface area contributed by atoms with Crippen molar-refractivity contribution in [2.75, 3.05) is 34.5 Å². The second-order valence-corrected chi connectivity index (χ2v) is 10.9. The fourth-order valence-corrected chi connectivity index (χ4v) is 8.70. The number of methoxy groups -OCH3 is 1. The monoisotopic (exact) mass is 360 g/mol. The Hall–Kier alpha value is 0.0169. The third-order valence-electron chi connectivity index (χ3n) is 5.90. The van der Waals surface area contributed by atoms with Gasteiger partial charge in [0.05, 0.1) is 19.3 Å². The van der Waals surface area contributed by atoms with Crippen LogP contribution in [0.2, 0.25) is 6.04 Å². The van der Waals surface area contributed by atoms with E-state index in [0.29, 0.717) is 12.0 Å². The van der Waals surface area contributed by atoms with Gasteiger partial charge in [0, 0.05) is 21.3 Å². The van der Waals surface area contributed by atoms with Crippen molar-refractivity contribution in [3.05, 3.63) is 0 Å². The third-order valence-corrected chi connectivity index (χ3v) is 10.4. The fraction of sp³-hybridized carbons (Fsp3) is 1.00. The topological polar surface area (TPSA) is 49.5 Å². The molecule has 0 amide bonds. The minimum Gasteiger partial charge on any atom is -0.396 e. The van der Waals surface area contributed by atoms with Crippen LogP contribution in [0.5, 0.6) is 0 Å². The first-order chi connectivity index (χ1) is 11.6. The standard InChI is InChI=1S/C18H36O5Si/c1-6-11-18(19-3)16(8-7-12-24(18,20-4)21-5)10-9-15(2)22-13-17-14-23-17/h15-17H,6-14H2,1-5H3. The Morgan fingerprint density at radius 3 is 2.50 bits per heavy atom. The van der Waals surface area contributed by atoms with Crippen LogP contribution in [0.15, 0.2) is 0 Å². The normalized spacial score (nSPS) is 33.4. The summed E-state index contributed by atoms with van der Waals surface area (Å²) in [5.74, 6) is 0.478. The molecule has 2 aliphatic rings. The number of hydrogen-bond donors (Lipinski definition) is 0. The van der Waals surface area contributed by atoms with Crippen molar-refractivity contribution in [3.8, 4) is 0 Å². The molecule has 4 unspecified atom stereocenters. The predicted molar refractivity (Wildman–Crippen MR) is 96.3 cm³/mol. The first-order valence-electron chi connectivity index (χ1n) is 9.46. The highest BCUT2D eigenvalue weighted by Gasteiger charge is 2.62. The van der Waals surface area contributed by atoms with Crippen molar-refractivity contribution in [1.29, 1.82) is 0 Å². The summed E-state index contributed by atoms with van der Waals surface area (Å²) >= 11 is 0. The van der Waals surface area contributed by atoms with E-state index in [1.807, 2.05) is 21.3 Å². The largest absolute Gasteiger partial charge is 0.396 e. The average Bonchev–Trinajstić information content (AvgIpc) is 3.43. The lowest BCUT2D eigenvalue weighted by Gasteiger charge is -2.52. The van der Waals surface area contributed by atoms with Gasteiger partial charge in [0.2, 0.25) is 0 Å². The van der Waals surface area contributed by atoms with Crippen molar-refractivity contribution >= 4 is 8.56 Å². The smallest absolute Gasteiger partial charge is 0.371 e. The number of rotatable bonds is 11. The fourth-order valence-electron chi connectivity index (χ4n) is 4.49. The molecule has 5 nitrogen and oxygen atoms in total. The van der Waals surface area contributed by atoms with Gasteiger partial charge in [-0.05, 0) is 44.6 Å². The van der Waals surface area contributed by atoms with Gasteiger partial charge < -0.3 is 23.1 Å². The third kappa shape index (κ3) is 4.22. The van der Waals surface area contributed by atoms with Gasteiger partial charge in [-0.15, -0.1) is 0 Å². The van der Waals surface area contributed by atoms with E-state index < -0.39 is 8.56 Å². The van der Waals surface area contributed by atoms with Gasteiger partial charge in [0.15, 0.2) is 0 Å². The summed E-state index contributed by atoms with van der Waals surface area (Å²) < 4.78 is 29.5. The van der Waals surface area contributed by atoms with Crippen molar-refractivity contribution in [2.45, 2.75) is 75.8 Å². The van der Waals surface area contributed by atoms with E-state index in [2.05, 4.69) is 13.8 Å². The zero-order valence-electron chi connectivity index (χ0n) is 16.1. The molecule has 0 radical (unpaired) electrons. The van der Waals surface area contributed by atoms with Crippen LogP contribution in [-0.4, -0.2) is 60.5 Å². The van der Waals surface area contributed by atoms with E-state index in [0.717, 1.165) is 44.9 Å². The minimum atomic E-state index is -2.38. The molecule has 142 valence electrons. The van der Waals surface area contributed by atoms with Crippen LogP contribution < -0.4 is 0 Å². The first kappa shape index (κ1) is 20.3. The summed E-state index contributed by atoms with van der Waals surface area (Å²) in [6.45, 7) is 5.97. The zero-order valence-corrected chi connectivity index (χ0v) is 17.1. The Morgan fingerprint density at radius 2 is 1.96 bits per heavy atom. The van der Waals surface area contributed by atoms with Crippen LogP contribution in [0.3, 0.4) is 0 Å². The van der Waals surface area contributed by atoms with Crippen LogP contribution in [0.1, 0.15) is 52.4 Å². The molecule has 0 saturated carbocycles. The molecule has 2 heterocycles. The molecule has 0 N–H and O–H groups in total. The summed E-state index contributed by atoms with van der Waals surface area (Å²) in [7, 11) is 3.09. The maximum absolute atomic E-state index is 6.22. The molecule has 0 aliphatic carbocycles.